The van der Waals surface area contributed by atoms with Gasteiger partial charge in [0.05, 0.1) is 11.4 Å². The van der Waals surface area contributed by atoms with Crippen LogP contribution in [0.5, 0.6) is 0 Å². The van der Waals surface area contributed by atoms with Crippen molar-refractivity contribution in [3.05, 3.63) is 32.3 Å². The van der Waals surface area contributed by atoms with Gasteiger partial charge in [-0.1, -0.05) is 19.0 Å². The Balaban J connectivity index is 2.56. The minimum Gasteiger partial charge on any atom is -0.351 e. The van der Waals surface area contributed by atoms with Crippen LogP contribution in [0.1, 0.15) is 28.4 Å². The predicted molar refractivity (Wildman–Crippen MR) is 64.3 cm³/mol. The van der Waals surface area contributed by atoms with Gasteiger partial charge in [-0.2, -0.15) is 0 Å². The number of nitrogens with one attached hydrogen (secondary N) is 1. The van der Waals surface area contributed by atoms with Crippen molar-refractivity contribution in [1.29, 1.82) is 0 Å². The van der Waals surface area contributed by atoms with Gasteiger partial charge in [0, 0.05) is 16.3 Å². The Morgan fingerprint density at radius 1 is 1.62 bits per heavy atom. The largest absolute Gasteiger partial charge is 0.351 e. The van der Waals surface area contributed by atoms with Crippen LogP contribution in [-0.2, 0) is 6.54 Å². The SMILES string of the molecule is CC(C)CNC(=O)c1ccc(CN=[N+]=[N-])s1. The number of rotatable bonds is 5. The van der Waals surface area contributed by atoms with Gasteiger partial charge in [0.15, 0.2) is 0 Å². The molecule has 1 N–H and O–H groups in total. The van der Waals surface area contributed by atoms with Crippen molar-refractivity contribution in [2.75, 3.05) is 6.54 Å². The van der Waals surface area contributed by atoms with Gasteiger partial charge < -0.3 is 5.32 Å². The molecule has 1 rings (SSSR count). The van der Waals surface area contributed by atoms with Crippen LogP contribution in [0, 0.1) is 5.92 Å². The molecule has 0 aliphatic rings. The number of hydrogen-bond donors (Lipinski definition) is 1. The smallest absolute Gasteiger partial charge is 0.261 e. The van der Waals surface area contributed by atoms with Crippen molar-refractivity contribution in [3.8, 4) is 0 Å². The van der Waals surface area contributed by atoms with E-state index < -0.39 is 0 Å². The van der Waals surface area contributed by atoms with Crippen LogP contribution in [-0.4, -0.2) is 12.5 Å². The number of azide groups is 1. The first-order valence-electron chi connectivity index (χ1n) is 5.01. The van der Waals surface area contributed by atoms with Crippen LogP contribution in [0.25, 0.3) is 10.4 Å². The first kappa shape index (κ1) is 12.5. The number of amides is 1. The number of thiophene rings is 1. The van der Waals surface area contributed by atoms with Crippen molar-refractivity contribution < 1.29 is 4.79 Å². The summed E-state index contributed by atoms with van der Waals surface area (Å²) in [6.07, 6.45) is 0. The monoisotopic (exact) mass is 238 g/mol. The average molecular weight is 238 g/mol. The molecule has 1 amide bonds. The normalized spacial score (nSPS) is 9.94. The maximum atomic E-state index is 11.6. The highest BCUT2D eigenvalue weighted by Gasteiger charge is 2.08. The van der Waals surface area contributed by atoms with E-state index in [0.29, 0.717) is 23.9 Å². The summed E-state index contributed by atoms with van der Waals surface area (Å²) >= 11 is 1.36. The van der Waals surface area contributed by atoms with Crippen LogP contribution < -0.4 is 5.32 Å². The van der Waals surface area contributed by atoms with Crippen molar-refractivity contribution in [3.63, 3.8) is 0 Å². The maximum Gasteiger partial charge on any atom is 0.261 e. The van der Waals surface area contributed by atoms with E-state index in [4.69, 9.17) is 5.53 Å². The fourth-order valence-electron chi connectivity index (χ4n) is 1.07. The van der Waals surface area contributed by atoms with Crippen LogP contribution in [0.4, 0.5) is 0 Å². The van der Waals surface area contributed by atoms with Gasteiger partial charge in [-0.05, 0) is 23.6 Å². The molecule has 0 bridgehead atoms. The van der Waals surface area contributed by atoms with Gasteiger partial charge in [0.2, 0.25) is 0 Å². The Hall–Kier alpha value is -1.52. The van der Waals surface area contributed by atoms with Gasteiger partial charge in [-0.15, -0.1) is 11.3 Å². The Bertz CT molecular complexity index is 407. The summed E-state index contributed by atoms with van der Waals surface area (Å²) in [4.78, 5) is 15.9. The molecule has 1 heterocycles. The van der Waals surface area contributed by atoms with E-state index in [1.807, 2.05) is 19.9 Å². The molecule has 1 aromatic rings. The van der Waals surface area contributed by atoms with E-state index in [1.54, 1.807) is 6.07 Å². The van der Waals surface area contributed by atoms with E-state index in [1.165, 1.54) is 11.3 Å². The van der Waals surface area contributed by atoms with Gasteiger partial charge in [0.25, 0.3) is 5.91 Å². The third-order valence-electron chi connectivity index (χ3n) is 1.85. The quantitative estimate of drug-likeness (QED) is 0.478. The van der Waals surface area contributed by atoms with Crippen molar-refractivity contribution in [2.24, 2.45) is 11.0 Å². The molecule has 86 valence electrons. The second kappa shape index (κ2) is 6.15. The zero-order chi connectivity index (χ0) is 12.0. The highest BCUT2D eigenvalue weighted by atomic mass is 32.1. The summed E-state index contributed by atoms with van der Waals surface area (Å²) in [5.74, 6) is 0.373. The zero-order valence-corrected chi connectivity index (χ0v) is 10.1. The molecule has 0 radical (unpaired) electrons. The molecular weight excluding hydrogens is 224 g/mol. The molecule has 16 heavy (non-hydrogen) atoms. The van der Waals surface area contributed by atoms with Gasteiger partial charge in [0.1, 0.15) is 0 Å². The maximum absolute atomic E-state index is 11.6. The fourth-order valence-corrected chi connectivity index (χ4v) is 1.91. The van der Waals surface area contributed by atoms with Crippen molar-refractivity contribution in [2.45, 2.75) is 20.4 Å². The minimum absolute atomic E-state index is 0.0640. The predicted octanol–water partition coefficient (Wildman–Crippen LogP) is 2.94. The van der Waals surface area contributed by atoms with E-state index >= 15 is 0 Å². The lowest BCUT2D eigenvalue weighted by molar-refractivity contribution is 0.0953. The fraction of sp³-hybridized carbons (Fsp3) is 0.500. The molecule has 0 aliphatic heterocycles. The molecule has 0 aliphatic carbocycles. The summed E-state index contributed by atoms with van der Waals surface area (Å²) in [6.45, 7) is 5.06. The van der Waals surface area contributed by atoms with Crippen molar-refractivity contribution in [1.82, 2.24) is 5.32 Å². The molecule has 0 fully saturated rings. The molecular formula is C10H14N4OS. The third-order valence-corrected chi connectivity index (χ3v) is 2.91. The summed E-state index contributed by atoms with van der Waals surface area (Å²) in [7, 11) is 0. The molecule has 1 aromatic heterocycles. The summed E-state index contributed by atoms with van der Waals surface area (Å²) in [5.41, 5.74) is 8.17. The summed E-state index contributed by atoms with van der Waals surface area (Å²) in [5, 5.41) is 6.28. The number of carbonyl (C=O) groups is 1. The second-order valence-electron chi connectivity index (χ2n) is 3.76. The third kappa shape index (κ3) is 3.92. The highest BCUT2D eigenvalue weighted by Crippen LogP contribution is 2.17. The van der Waals surface area contributed by atoms with E-state index in [2.05, 4.69) is 15.3 Å². The Labute approximate surface area is 98.1 Å². The first-order valence-corrected chi connectivity index (χ1v) is 5.83. The van der Waals surface area contributed by atoms with Gasteiger partial charge in [-0.25, -0.2) is 0 Å². The standard InChI is InChI=1S/C10H14N4OS/c1-7(2)5-12-10(15)9-4-3-8(16-9)6-13-14-11/h3-4,7H,5-6H2,1-2H3,(H,12,15). The zero-order valence-electron chi connectivity index (χ0n) is 9.30. The van der Waals surface area contributed by atoms with Crippen LogP contribution in [0.2, 0.25) is 0 Å². The van der Waals surface area contributed by atoms with E-state index in [0.717, 1.165) is 4.88 Å². The lowest BCUT2D eigenvalue weighted by Crippen LogP contribution is -2.26. The highest BCUT2D eigenvalue weighted by molar-refractivity contribution is 7.14. The second-order valence-corrected chi connectivity index (χ2v) is 4.93. The topological polar surface area (TPSA) is 77.9 Å². The Morgan fingerprint density at radius 2 is 2.38 bits per heavy atom. The Kier molecular flexibility index (Phi) is 4.82. The molecule has 5 nitrogen and oxygen atoms in total. The van der Waals surface area contributed by atoms with Crippen LogP contribution in [0.15, 0.2) is 17.2 Å². The molecule has 0 atom stereocenters. The molecule has 0 unspecified atom stereocenters. The Morgan fingerprint density at radius 3 is 3.00 bits per heavy atom. The van der Waals surface area contributed by atoms with Crippen LogP contribution in [0.3, 0.4) is 0 Å². The van der Waals surface area contributed by atoms with Crippen LogP contribution >= 0.6 is 11.3 Å². The molecule has 0 aromatic carbocycles. The average Bonchev–Trinajstić information content (AvgIpc) is 2.71. The number of hydrogen-bond acceptors (Lipinski definition) is 3. The molecule has 0 spiro atoms. The number of nitrogens with zero attached hydrogens (tertiary/aromatic N) is 3. The lowest BCUT2D eigenvalue weighted by Gasteiger charge is -2.05. The van der Waals surface area contributed by atoms with E-state index in [-0.39, 0.29) is 5.91 Å². The van der Waals surface area contributed by atoms with Gasteiger partial charge >= 0.3 is 0 Å². The van der Waals surface area contributed by atoms with Crippen molar-refractivity contribution >= 4 is 17.2 Å². The molecule has 0 saturated heterocycles. The number of carbonyl (C=O) groups excluding carboxylic acids is 1. The van der Waals surface area contributed by atoms with Gasteiger partial charge in [-0.3, -0.25) is 4.79 Å². The molecule has 0 saturated carbocycles. The van der Waals surface area contributed by atoms with E-state index in [9.17, 15) is 4.79 Å². The first-order chi connectivity index (χ1) is 7.63. The summed E-state index contributed by atoms with van der Waals surface area (Å²) in [6, 6.07) is 3.56. The summed E-state index contributed by atoms with van der Waals surface area (Å²) < 4.78 is 0. The minimum atomic E-state index is -0.0640. The lowest BCUT2D eigenvalue weighted by atomic mass is 10.2. The molecule has 6 heteroatoms.